The minimum Gasteiger partial charge on any atom is -0.383 e. The lowest BCUT2D eigenvalue weighted by Gasteiger charge is -2.13. The minimum absolute atomic E-state index is 0.582. The first-order valence-electron chi connectivity index (χ1n) is 2.49. The highest BCUT2D eigenvalue weighted by Gasteiger charge is 1.94. The Morgan fingerprint density at radius 3 is 3.00 bits per heavy atom. The van der Waals surface area contributed by atoms with Crippen molar-refractivity contribution in [2.24, 2.45) is 10.7 Å². The van der Waals surface area contributed by atoms with Crippen LogP contribution in [0.15, 0.2) is 17.0 Å². The van der Waals surface area contributed by atoms with Crippen molar-refractivity contribution in [2.45, 2.75) is 0 Å². The third kappa shape index (κ3) is 0.992. The fourth-order valence-corrected chi connectivity index (χ4v) is 0.587. The molecule has 0 saturated heterocycles. The van der Waals surface area contributed by atoms with Gasteiger partial charge in [-0.15, -0.1) is 0 Å². The van der Waals surface area contributed by atoms with E-state index in [9.17, 15) is 0 Å². The maximum Gasteiger partial charge on any atom is 0.139 e. The summed E-state index contributed by atoms with van der Waals surface area (Å²) in [5.41, 5.74) is 5.35. The molecule has 0 fully saturated rings. The Morgan fingerprint density at radius 2 is 2.62 bits per heavy atom. The second-order valence-electron chi connectivity index (χ2n) is 1.81. The number of rotatable bonds is 0. The number of hydrogen-bond donors (Lipinski definition) is 1. The standard InChI is InChI=1S/C5H9N3/c1-8-3-2-7-5(6)4-8/h2,4H,3,6H2,1H3. The summed E-state index contributed by atoms with van der Waals surface area (Å²) in [4.78, 5) is 5.83. The summed E-state index contributed by atoms with van der Waals surface area (Å²) >= 11 is 0. The van der Waals surface area contributed by atoms with Crippen molar-refractivity contribution in [2.75, 3.05) is 13.6 Å². The van der Waals surface area contributed by atoms with Crippen LogP contribution in [0.3, 0.4) is 0 Å². The summed E-state index contributed by atoms with van der Waals surface area (Å²) in [6.45, 7) is 0.862. The molecule has 0 saturated carbocycles. The molecule has 0 aliphatic carbocycles. The van der Waals surface area contributed by atoms with Gasteiger partial charge in [-0.25, -0.2) is 4.99 Å². The van der Waals surface area contributed by atoms with Crippen LogP contribution in [0.4, 0.5) is 0 Å². The van der Waals surface area contributed by atoms with Crippen LogP contribution in [0.25, 0.3) is 0 Å². The zero-order valence-corrected chi connectivity index (χ0v) is 4.83. The second kappa shape index (κ2) is 1.86. The highest BCUT2D eigenvalue weighted by molar-refractivity contribution is 5.62. The zero-order chi connectivity index (χ0) is 5.98. The number of aliphatic imine (C=N–C) groups is 1. The molecule has 3 nitrogen and oxygen atoms in total. The van der Waals surface area contributed by atoms with Crippen LogP contribution in [-0.4, -0.2) is 24.7 Å². The molecule has 0 aromatic heterocycles. The normalized spacial score (nSPS) is 18.6. The Bertz CT molecular complexity index is 137. The molecular weight excluding hydrogens is 102 g/mol. The summed E-state index contributed by atoms with van der Waals surface area (Å²) in [5.74, 6) is 0.582. The molecule has 8 heavy (non-hydrogen) atoms. The maximum absolute atomic E-state index is 5.35. The molecule has 2 N–H and O–H groups in total. The molecule has 0 spiro atoms. The molecule has 1 aliphatic rings. The van der Waals surface area contributed by atoms with Gasteiger partial charge in [0, 0.05) is 19.5 Å². The van der Waals surface area contributed by atoms with Gasteiger partial charge in [-0.1, -0.05) is 0 Å². The SMILES string of the molecule is CN1C=C(N)N=CC1. The molecule has 0 unspecified atom stereocenters. The van der Waals surface area contributed by atoms with E-state index in [1.54, 1.807) is 12.4 Å². The smallest absolute Gasteiger partial charge is 0.139 e. The minimum atomic E-state index is 0.582. The molecule has 44 valence electrons. The fourth-order valence-electron chi connectivity index (χ4n) is 0.587. The van der Waals surface area contributed by atoms with Crippen LogP contribution in [-0.2, 0) is 0 Å². The van der Waals surface area contributed by atoms with Gasteiger partial charge < -0.3 is 10.6 Å². The molecule has 3 heteroatoms. The largest absolute Gasteiger partial charge is 0.383 e. The predicted octanol–water partition coefficient (Wildman–Crippen LogP) is -0.240. The average molecular weight is 111 g/mol. The van der Waals surface area contributed by atoms with E-state index in [0.717, 1.165) is 6.54 Å². The summed E-state index contributed by atoms with van der Waals surface area (Å²) in [6, 6.07) is 0. The summed E-state index contributed by atoms with van der Waals surface area (Å²) in [7, 11) is 1.96. The lowest BCUT2D eigenvalue weighted by Crippen LogP contribution is -2.19. The predicted molar refractivity (Wildman–Crippen MR) is 33.4 cm³/mol. The summed E-state index contributed by atoms with van der Waals surface area (Å²) < 4.78 is 0. The highest BCUT2D eigenvalue weighted by Crippen LogP contribution is 1.93. The molecule has 0 bridgehead atoms. The van der Waals surface area contributed by atoms with E-state index in [-0.39, 0.29) is 0 Å². The molecule has 0 aromatic rings. The molecule has 1 heterocycles. The number of hydrogen-bond acceptors (Lipinski definition) is 3. The highest BCUT2D eigenvalue weighted by atomic mass is 15.1. The third-order valence-electron chi connectivity index (χ3n) is 0.963. The van der Waals surface area contributed by atoms with Crippen LogP contribution >= 0.6 is 0 Å². The average Bonchev–Trinajstić information content (AvgIpc) is 1.64. The third-order valence-corrected chi connectivity index (χ3v) is 0.963. The van der Waals surface area contributed by atoms with E-state index in [4.69, 9.17) is 5.73 Å². The van der Waals surface area contributed by atoms with Crippen molar-refractivity contribution < 1.29 is 0 Å². The van der Waals surface area contributed by atoms with Crippen molar-refractivity contribution in [3.8, 4) is 0 Å². The molecule has 0 aromatic carbocycles. The van der Waals surface area contributed by atoms with Gasteiger partial charge in [-0.05, 0) is 0 Å². The van der Waals surface area contributed by atoms with Gasteiger partial charge in [0.2, 0.25) is 0 Å². The van der Waals surface area contributed by atoms with Crippen LogP contribution in [0.1, 0.15) is 0 Å². The van der Waals surface area contributed by atoms with Gasteiger partial charge in [-0.2, -0.15) is 0 Å². The first-order chi connectivity index (χ1) is 3.79. The van der Waals surface area contributed by atoms with Crippen molar-refractivity contribution in [3.05, 3.63) is 12.0 Å². The number of nitrogens with two attached hydrogens (primary N) is 1. The van der Waals surface area contributed by atoms with Gasteiger partial charge in [0.25, 0.3) is 0 Å². The van der Waals surface area contributed by atoms with Gasteiger partial charge in [0.1, 0.15) is 5.82 Å². The summed E-state index contributed by atoms with van der Waals surface area (Å²) in [6.07, 6.45) is 3.59. The quantitative estimate of drug-likeness (QED) is 0.468. The number of nitrogens with zero attached hydrogens (tertiary/aromatic N) is 2. The Labute approximate surface area is 48.5 Å². The molecular formula is C5H9N3. The van der Waals surface area contributed by atoms with E-state index in [2.05, 4.69) is 4.99 Å². The van der Waals surface area contributed by atoms with Crippen molar-refractivity contribution >= 4 is 6.21 Å². The van der Waals surface area contributed by atoms with Gasteiger partial charge >= 0.3 is 0 Å². The zero-order valence-electron chi connectivity index (χ0n) is 4.83. The Hall–Kier alpha value is -0.990. The topological polar surface area (TPSA) is 41.6 Å². The van der Waals surface area contributed by atoms with E-state index >= 15 is 0 Å². The van der Waals surface area contributed by atoms with Crippen molar-refractivity contribution in [1.82, 2.24) is 4.90 Å². The lowest BCUT2D eigenvalue weighted by atomic mass is 10.5. The van der Waals surface area contributed by atoms with Gasteiger partial charge in [0.05, 0.1) is 6.54 Å². The Morgan fingerprint density at radius 1 is 1.88 bits per heavy atom. The van der Waals surface area contributed by atoms with Crippen LogP contribution in [0.2, 0.25) is 0 Å². The molecule has 1 rings (SSSR count). The first-order valence-corrected chi connectivity index (χ1v) is 2.49. The Balaban J connectivity index is 2.63. The van der Waals surface area contributed by atoms with E-state index in [1.807, 2.05) is 11.9 Å². The Kier molecular flexibility index (Phi) is 1.20. The van der Waals surface area contributed by atoms with Crippen LogP contribution in [0.5, 0.6) is 0 Å². The van der Waals surface area contributed by atoms with Crippen LogP contribution < -0.4 is 5.73 Å². The molecule has 0 radical (unpaired) electrons. The van der Waals surface area contributed by atoms with Crippen molar-refractivity contribution in [1.29, 1.82) is 0 Å². The van der Waals surface area contributed by atoms with Crippen LogP contribution in [0, 0.1) is 0 Å². The molecule has 0 atom stereocenters. The monoisotopic (exact) mass is 111 g/mol. The molecule has 0 amide bonds. The maximum atomic E-state index is 5.35. The van der Waals surface area contributed by atoms with E-state index < -0.39 is 0 Å². The fraction of sp³-hybridized carbons (Fsp3) is 0.400. The summed E-state index contributed by atoms with van der Waals surface area (Å²) in [5, 5.41) is 0. The first kappa shape index (κ1) is 5.15. The van der Waals surface area contributed by atoms with E-state index in [0.29, 0.717) is 5.82 Å². The lowest BCUT2D eigenvalue weighted by molar-refractivity contribution is 0.515. The van der Waals surface area contributed by atoms with E-state index in [1.165, 1.54) is 0 Å². The van der Waals surface area contributed by atoms with Crippen molar-refractivity contribution in [3.63, 3.8) is 0 Å². The second-order valence-corrected chi connectivity index (χ2v) is 1.81. The van der Waals surface area contributed by atoms with Gasteiger partial charge in [0.15, 0.2) is 0 Å². The molecule has 1 aliphatic heterocycles. The van der Waals surface area contributed by atoms with Gasteiger partial charge in [-0.3, -0.25) is 0 Å².